The van der Waals surface area contributed by atoms with Crippen molar-refractivity contribution in [2.75, 3.05) is 26.7 Å². The van der Waals surface area contributed by atoms with E-state index in [-0.39, 0.29) is 11.7 Å². The molecule has 0 aromatic carbocycles. The van der Waals surface area contributed by atoms with Crippen molar-refractivity contribution in [3.05, 3.63) is 0 Å². The Morgan fingerprint density at radius 1 is 1.35 bits per heavy atom. The highest BCUT2D eigenvalue weighted by Crippen LogP contribution is 2.29. The zero-order valence-corrected chi connectivity index (χ0v) is 11.3. The Labute approximate surface area is 105 Å². The summed E-state index contributed by atoms with van der Waals surface area (Å²) in [7, 11) is 1.80. The van der Waals surface area contributed by atoms with Crippen LogP contribution in [-0.2, 0) is 4.74 Å². The van der Waals surface area contributed by atoms with Gasteiger partial charge in [-0.25, -0.2) is 0 Å². The molecule has 0 bridgehead atoms. The summed E-state index contributed by atoms with van der Waals surface area (Å²) in [6.07, 6.45) is 7.24. The smallest absolute Gasteiger partial charge is 0.0777 e. The number of methoxy groups -OCH3 is 1. The number of nitrogens with zero attached hydrogens (tertiary/aromatic N) is 1. The van der Waals surface area contributed by atoms with Crippen molar-refractivity contribution in [3.63, 3.8) is 0 Å². The normalized spacial score (nSPS) is 34.1. The van der Waals surface area contributed by atoms with Gasteiger partial charge in [-0.15, -0.1) is 0 Å². The standard InChI is InChI=1S/C14H27NO2/c1-14(17-2)8-5-9-15(11-14)10-13(16)12-6-3-4-7-12/h12-13,16H,3-11H2,1-2H3. The maximum absolute atomic E-state index is 10.3. The van der Waals surface area contributed by atoms with E-state index in [0.29, 0.717) is 5.92 Å². The highest BCUT2D eigenvalue weighted by molar-refractivity contribution is 4.87. The van der Waals surface area contributed by atoms with Crippen molar-refractivity contribution in [2.24, 2.45) is 5.92 Å². The molecule has 3 nitrogen and oxygen atoms in total. The summed E-state index contributed by atoms with van der Waals surface area (Å²) >= 11 is 0. The highest BCUT2D eigenvalue weighted by atomic mass is 16.5. The lowest BCUT2D eigenvalue weighted by atomic mass is 9.93. The van der Waals surface area contributed by atoms with Crippen LogP contribution in [0, 0.1) is 5.92 Å². The van der Waals surface area contributed by atoms with Crippen molar-refractivity contribution in [2.45, 2.75) is 57.2 Å². The number of ether oxygens (including phenoxy) is 1. The predicted molar refractivity (Wildman–Crippen MR) is 69.1 cm³/mol. The average Bonchev–Trinajstić information content (AvgIpc) is 2.82. The van der Waals surface area contributed by atoms with Crippen LogP contribution < -0.4 is 0 Å². The van der Waals surface area contributed by atoms with Crippen molar-refractivity contribution >= 4 is 0 Å². The lowest BCUT2D eigenvalue weighted by Crippen LogP contribution is -2.50. The fraction of sp³-hybridized carbons (Fsp3) is 1.00. The zero-order chi connectivity index (χ0) is 12.3. The second kappa shape index (κ2) is 5.68. The third-order valence-electron chi connectivity index (χ3n) is 4.62. The van der Waals surface area contributed by atoms with Crippen LogP contribution in [0.15, 0.2) is 0 Å². The molecule has 0 aromatic heterocycles. The van der Waals surface area contributed by atoms with Crippen molar-refractivity contribution in [1.82, 2.24) is 4.90 Å². The van der Waals surface area contributed by atoms with E-state index < -0.39 is 0 Å². The number of aliphatic hydroxyl groups excluding tert-OH is 1. The second-order valence-electron chi connectivity index (χ2n) is 6.10. The molecule has 0 spiro atoms. The fourth-order valence-electron chi connectivity index (χ4n) is 3.39. The summed E-state index contributed by atoms with van der Waals surface area (Å²) in [6.45, 7) is 5.10. The molecule has 17 heavy (non-hydrogen) atoms. The van der Waals surface area contributed by atoms with Crippen LogP contribution >= 0.6 is 0 Å². The van der Waals surface area contributed by atoms with E-state index >= 15 is 0 Å². The molecule has 0 amide bonds. The van der Waals surface area contributed by atoms with Gasteiger partial charge in [-0.1, -0.05) is 12.8 Å². The molecule has 2 fully saturated rings. The summed E-state index contributed by atoms with van der Waals surface area (Å²) in [5, 5.41) is 10.3. The number of likely N-dealkylation sites (tertiary alicyclic amines) is 1. The molecule has 1 N–H and O–H groups in total. The molecule has 3 heteroatoms. The maximum Gasteiger partial charge on any atom is 0.0777 e. The lowest BCUT2D eigenvalue weighted by molar-refractivity contribution is -0.0621. The largest absolute Gasteiger partial charge is 0.392 e. The van der Waals surface area contributed by atoms with Crippen LogP contribution in [0.2, 0.25) is 0 Å². The van der Waals surface area contributed by atoms with Gasteiger partial charge in [0.05, 0.1) is 11.7 Å². The summed E-state index contributed by atoms with van der Waals surface area (Å²) in [6, 6.07) is 0. The monoisotopic (exact) mass is 241 g/mol. The molecule has 1 saturated carbocycles. The molecule has 2 unspecified atom stereocenters. The van der Waals surface area contributed by atoms with Gasteiger partial charge in [0, 0.05) is 20.2 Å². The van der Waals surface area contributed by atoms with Gasteiger partial charge in [-0.05, 0) is 45.1 Å². The molecule has 1 saturated heterocycles. The first-order chi connectivity index (χ1) is 8.13. The van der Waals surface area contributed by atoms with Gasteiger partial charge in [0.2, 0.25) is 0 Å². The number of hydrogen-bond donors (Lipinski definition) is 1. The number of piperidine rings is 1. The summed E-state index contributed by atoms with van der Waals surface area (Å²) in [4.78, 5) is 2.38. The SMILES string of the molecule is COC1(C)CCCN(CC(O)C2CCCC2)C1. The Balaban J connectivity index is 1.81. The van der Waals surface area contributed by atoms with E-state index in [1.807, 2.05) is 0 Å². The first kappa shape index (κ1) is 13.3. The zero-order valence-electron chi connectivity index (χ0n) is 11.3. The minimum atomic E-state index is -0.128. The number of rotatable bonds is 4. The molecule has 2 atom stereocenters. The van der Waals surface area contributed by atoms with E-state index in [1.165, 1.54) is 32.1 Å². The number of β-amino-alcohol motifs (C(OH)–C–C–N with tert-alkyl or cyclic N) is 1. The maximum atomic E-state index is 10.3. The topological polar surface area (TPSA) is 32.7 Å². The van der Waals surface area contributed by atoms with Gasteiger partial charge >= 0.3 is 0 Å². The molecular formula is C14H27NO2. The molecule has 0 radical (unpaired) electrons. The molecular weight excluding hydrogens is 214 g/mol. The van der Waals surface area contributed by atoms with Crippen LogP contribution in [0.3, 0.4) is 0 Å². The van der Waals surface area contributed by atoms with E-state index in [9.17, 15) is 5.11 Å². The van der Waals surface area contributed by atoms with Gasteiger partial charge in [-0.3, -0.25) is 4.90 Å². The number of hydrogen-bond acceptors (Lipinski definition) is 3. The predicted octanol–water partition coefficient (Wildman–Crippen LogP) is 2.04. The van der Waals surface area contributed by atoms with E-state index in [0.717, 1.165) is 26.1 Å². The Morgan fingerprint density at radius 3 is 2.71 bits per heavy atom. The van der Waals surface area contributed by atoms with E-state index in [1.54, 1.807) is 7.11 Å². The molecule has 2 rings (SSSR count). The molecule has 0 aromatic rings. The van der Waals surface area contributed by atoms with Crippen LogP contribution in [0.4, 0.5) is 0 Å². The Kier molecular flexibility index (Phi) is 4.45. The molecule has 1 aliphatic carbocycles. The lowest BCUT2D eigenvalue weighted by Gasteiger charge is -2.40. The molecule has 2 aliphatic rings. The van der Waals surface area contributed by atoms with Crippen molar-refractivity contribution in [3.8, 4) is 0 Å². The third kappa shape index (κ3) is 3.43. The van der Waals surface area contributed by atoms with Crippen LogP contribution in [0.5, 0.6) is 0 Å². The van der Waals surface area contributed by atoms with E-state index in [4.69, 9.17) is 4.74 Å². The van der Waals surface area contributed by atoms with Gasteiger partial charge in [0.25, 0.3) is 0 Å². The van der Waals surface area contributed by atoms with Crippen LogP contribution in [-0.4, -0.2) is 48.5 Å². The second-order valence-corrected chi connectivity index (χ2v) is 6.10. The van der Waals surface area contributed by atoms with Gasteiger partial charge in [0.15, 0.2) is 0 Å². The quantitative estimate of drug-likeness (QED) is 0.817. The van der Waals surface area contributed by atoms with Crippen LogP contribution in [0.1, 0.15) is 45.4 Å². The Morgan fingerprint density at radius 2 is 2.06 bits per heavy atom. The van der Waals surface area contributed by atoms with Crippen molar-refractivity contribution < 1.29 is 9.84 Å². The Hall–Kier alpha value is -0.120. The molecule has 1 aliphatic heterocycles. The summed E-state index contributed by atoms with van der Waals surface area (Å²) in [5.41, 5.74) is -0.00630. The first-order valence-electron chi connectivity index (χ1n) is 7.08. The van der Waals surface area contributed by atoms with E-state index in [2.05, 4.69) is 11.8 Å². The summed E-state index contributed by atoms with van der Waals surface area (Å²) < 4.78 is 5.59. The van der Waals surface area contributed by atoms with Crippen molar-refractivity contribution in [1.29, 1.82) is 0 Å². The minimum Gasteiger partial charge on any atom is -0.392 e. The fourth-order valence-corrected chi connectivity index (χ4v) is 3.39. The van der Waals surface area contributed by atoms with Gasteiger partial charge in [-0.2, -0.15) is 0 Å². The average molecular weight is 241 g/mol. The van der Waals surface area contributed by atoms with Crippen LogP contribution in [0.25, 0.3) is 0 Å². The first-order valence-corrected chi connectivity index (χ1v) is 7.08. The molecule has 100 valence electrons. The van der Waals surface area contributed by atoms with Gasteiger partial charge in [0.1, 0.15) is 0 Å². The highest BCUT2D eigenvalue weighted by Gasteiger charge is 2.33. The summed E-state index contributed by atoms with van der Waals surface area (Å²) in [5.74, 6) is 0.547. The van der Waals surface area contributed by atoms with Gasteiger partial charge < -0.3 is 9.84 Å². The molecule has 1 heterocycles. The Bertz CT molecular complexity index is 240. The number of aliphatic hydroxyl groups is 1. The minimum absolute atomic E-state index is 0.00630. The third-order valence-corrected chi connectivity index (χ3v) is 4.62.